The predicted octanol–water partition coefficient (Wildman–Crippen LogP) is 5.62. The number of halogens is 3. The second-order valence-corrected chi connectivity index (χ2v) is 12.0. The van der Waals surface area contributed by atoms with Crippen LogP contribution in [-0.4, -0.2) is 36.2 Å². The van der Waals surface area contributed by atoms with E-state index in [-0.39, 0.29) is 10.8 Å². The van der Waals surface area contributed by atoms with Crippen LogP contribution in [0.3, 0.4) is 0 Å². The number of sulfonamides is 1. The van der Waals surface area contributed by atoms with Crippen molar-refractivity contribution in [2.45, 2.75) is 23.1 Å². The first-order chi connectivity index (χ1) is 14.3. The number of anilines is 1. The minimum absolute atomic E-state index is 0.128. The van der Waals surface area contributed by atoms with Crippen LogP contribution in [0, 0.1) is 0 Å². The summed E-state index contributed by atoms with van der Waals surface area (Å²) in [6.45, 7) is 0.280. The Bertz CT molecular complexity index is 1210. The average molecular weight is 523 g/mol. The van der Waals surface area contributed by atoms with Gasteiger partial charge in [-0.1, -0.05) is 40.9 Å². The first kappa shape index (κ1) is 22.0. The largest absolute Gasteiger partial charge is 0.301 e. The molecule has 30 heavy (non-hydrogen) atoms. The highest BCUT2D eigenvalue weighted by Gasteiger charge is 2.40. The van der Waals surface area contributed by atoms with Crippen LogP contribution in [0.2, 0.25) is 14.4 Å². The van der Waals surface area contributed by atoms with Crippen LogP contribution in [0.15, 0.2) is 39.9 Å². The summed E-state index contributed by atoms with van der Waals surface area (Å²) in [6.07, 6.45) is 1.04. The van der Waals surface area contributed by atoms with Crippen molar-refractivity contribution in [2.24, 2.45) is 0 Å². The van der Waals surface area contributed by atoms with Crippen molar-refractivity contribution in [2.75, 3.05) is 11.9 Å². The zero-order chi connectivity index (χ0) is 21.5. The summed E-state index contributed by atoms with van der Waals surface area (Å²) in [6, 6.07) is 7.35. The summed E-state index contributed by atoms with van der Waals surface area (Å²) in [7, 11) is -3.79. The van der Waals surface area contributed by atoms with Gasteiger partial charge in [0.2, 0.25) is 5.91 Å². The lowest BCUT2D eigenvalue weighted by atomic mass is 10.2. The first-order valence-electron chi connectivity index (χ1n) is 8.75. The van der Waals surface area contributed by atoms with Crippen molar-refractivity contribution in [1.82, 2.24) is 9.29 Å². The number of aromatic nitrogens is 1. The molecule has 12 heteroatoms. The van der Waals surface area contributed by atoms with E-state index < -0.39 is 22.0 Å². The van der Waals surface area contributed by atoms with E-state index in [2.05, 4.69) is 10.3 Å². The molecule has 1 saturated heterocycles. The predicted molar refractivity (Wildman–Crippen MR) is 122 cm³/mol. The lowest BCUT2D eigenvalue weighted by molar-refractivity contribution is -0.119. The van der Waals surface area contributed by atoms with E-state index in [1.54, 1.807) is 23.6 Å². The first-order valence-corrected chi connectivity index (χ1v) is 13.0. The van der Waals surface area contributed by atoms with Gasteiger partial charge in [-0.3, -0.25) is 4.79 Å². The molecule has 1 amide bonds. The molecule has 1 N–H and O–H groups in total. The SMILES string of the molecule is O=C(Nc1nc(-c2ccc(Cl)c(Cl)c2)cs1)C1CCCN1S(=O)(=O)c1ccc(Cl)s1. The molecule has 0 saturated carbocycles. The molecule has 1 aliphatic rings. The van der Waals surface area contributed by atoms with E-state index in [1.807, 2.05) is 0 Å². The van der Waals surface area contributed by atoms with Crippen molar-refractivity contribution >= 4 is 78.5 Å². The number of nitrogens with one attached hydrogen (secondary N) is 1. The van der Waals surface area contributed by atoms with Gasteiger partial charge in [-0.2, -0.15) is 4.31 Å². The Balaban J connectivity index is 1.51. The van der Waals surface area contributed by atoms with Crippen LogP contribution in [0.4, 0.5) is 5.13 Å². The molecule has 1 unspecified atom stereocenters. The molecule has 3 heterocycles. The molecule has 6 nitrogen and oxygen atoms in total. The van der Waals surface area contributed by atoms with Gasteiger partial charge in [0.1, 0.15) is 10.3 Å². The zero-order valence-electron chi connectivity index (χ0n) is 15.1. The van der Waals surface area contributed by atoms with Gasteiger partial charge in [-0.25, -0.2) is 13.4 Å². The second-order valence-electron chi connectivity index (χ2n) is 6.49. The van der Waals surface area contributed by atoms with E-state index in [0.29, 0.717) is 38.0 Å². The lowest BCUT2D eigenvalue weighted by Crippen LogP contribution is -2.42. The van der Waals surface area contributed by atoms with Gasteiger partial charge in [0, 0.05) is 17.5 Å². The van der Waals surface area contributed by atoms with E-state index in [0.717, 1.165) is 16.9 Å². The summed E-state index contributed by atoms with van der Waals surface area (Å²) in [5.41, 5.74) is 1.40. The maximum absolute atomic E-state index is 12.9. The van der Waals surface area contributed by atoms with Crippen molar-refractivity contribution in [3.8, 4) is 11.3 Å². The normalized spacial score (nSPS) is 17.4. The molecule has 1 aliphatic heterocycles. The minimum atomic E-state index is -3.79. The number of nitrogens with zero attached hydrogens (tertiary/aromatic N) is 2. The highest BCUT2D eigenvalue weighted by molar-refractivity contribution is 7.91. The van der Waals surface area contributed by atoms with E-state index >= 15 is 0 Å². The molecule has 0 bridgehead atoms. The fraction of sp³-hybridized carbons (Fsp3) is 0.222. The molecule has 3 aromatic rings. The fourth-order valence-corrected chi connectivity index (χ4v) is 7.44. The Hall–Kier alpha value is -1.20. The summed E-state index contributed by atoms with van der Waals surface area (Å²) < 4.78 is 27.6. The Morgan fingerprint density at radius 1 is 1.17 bits per heavy atom. The summed E-state index contributed by atoms with van der Waals surface area (Å²) in [4.78, 5) is 17.3. The highest BCUT2D eigenvalue weighted by atomic mass is 35.5. The third-order valence-electron chi connectivity index (χ3n) is 4.57. The van der Waals surface area contributed by atoms with Gasteiger partial charge < -0.3 is 5.32 Å². The molecule has 4 rings (SSSR count). The molecular weight excluding hydrogens is 509 g/mol. The van der Waals surface area contributed by atoms with Crippen molar-refractivity contribution in [3.63, 3.8) is 0 Å². The number of thiazole rings is 1. The van der Waals surface area contributed by atoms with Gasteiger partial charge in [-0.05, 0) is 37.1 Å². The summed E-state index contributed by atoms with van der Waals surface area (Å²) in [5, 5.41) is 5.76. The molecule has 0 radical (unpaired) electrons. The Morgan fingerprint density at radius 2 is 1.97 bits per heavy atom. The van der Waals surface area contributed by atoms with E-state index in [4.69, 9.17) is 34.8 Å². The van der Waals surface area contributed by atoms with Gasteiger partial charge in [-0.15, -0.1) is 22.7 Å². The van der Waals surface area contributed by atoms with Crippen LogP contribution >= 0.6 is 57.5 Å². The van der Waals surface area contributed by atoms with Crippen LogP contribution < -0.4 is 5.32 Å². The topological polar surface area (TPSA) is 79.4 Å². The fourth-order valence-electron chi connectivity index (χ4n) is 3.15. The van der Waals surface area contributed by atoms with Crippen molar-refractivity contribution in [1.29, 1.82) is 0 Å². The number of hydrogen-bond donors (Lipinski definition) is 1. The standard InChI is InChI=1S/C18H14Cl3N3O3S3/c19-11-4-3-10(8-12(11)20)13-9-28-18(22-13)23-17(25)14-2-1-7-24(14)30(26,27)16-6-5-15(21)29-16/h3-6,8-9,14H,1-2,7H2,(H,22,23,25). The quantitative estimate of drug-likeness (QED) is 0.471. The number of thiophene rings is 1. The second kappa shape index (κ2) is 8.74. The van der Waals surface area contributed by atoms with Crippen molar-refractivity contribution in [3.05, 3.63) is 50.1 Å². The number of amides is 1. The number of rotatable bonds is 5. The maximum Gasteiger partial charge on any atom is 0.253 e. The zero-order valence-corrected chi connectivity index (χ0v) is 19.9. The number of hydrogen-bond acceptors (Lipinski definition) is 6. The summed E-state index contributed by atoms with van der Waals surface area (Å²) in [5.74, 6) is -0.409. The molecule has 2 aromatic heterocycles. The lowest BCUT2D eigenvalue weighted by Gasteiger charge is -2.22. The number of carbonyl (C=O) groups excluding carboxylic acids is 1. The van der Waals surface area contributed by atoms with E-state index in [9.17, 15) is 13.2 Å². The highest BCUT2D eigenvalue weighted by Crippen LogP contribution is 2.34. The van der Waals surface area contributed by atoms with Crippen LogP contribution in [0.1, 0.15) is 12.8 Å². The van der Waals surface area contributed by atoms with Crippen LogP contribution in [0.5, 0.6) is 0 Å². The number of benzene rings is 1. The van der Waals surface area contributed by atoms with Crippen LogP contribution in [0.25, 0.3) is 11.3 Å². The van der Waals surface area contributed by atoms with Gasteiger partial charge >= 0.3 is 0 Å². The number of carbonyl (C=O) groups is 1. The molecule has 1 fully saturated rings. The maximum atomic E-state index is 12.9. The molecule has 158 valence electrons. The average Bonchev–Trinajstić information content (AvgIpc) is 3.44. The monoisotopic (exact) mass is 521 g/mol. The Morgan fingerprint density at radius 3 is 2.67 bits per heavy atom. The third-order valence-corrected chi connectivity index (χ3v) is 9.67. The van der Waals surface area contributed by atoms with Crippen molar-refractivity contribution < 1.29 is 13.2 Å². The summed E-state index contributed by atoms with van der Waals surface area (Å²) >= 11 is 20.1. The molecule has 1 atom stereocenters. The Labute approximate surface area is 196 Å². The third kappa shape index (κ3) is 4.38. The van der Waals surface area contributed by atoms with Gasteiger partial charge in [0.05, 0.1) is 20.1 Å². The van der Waals surface area contributed by atoms with Gasteiger partial charge in [0.25, 0.3) is 10.0 Å². The Kier molecular flexibility index (Phi) is 6.41. The molecular formula is C18H14Cl3N3O3S3. The molecule has 1 aromatic carbocycles. The van der Waals surface area contributed by atoms with E-state index in [1.165, 1.54) is 27.8 Å². The smallest absolute Gasteiger partial charge is 0.253 e. The molecule has 0 spiro atoms. The van der Waals surface area contributed by atoms with Gasteiger partial charge in [0.15, 0.2) is 5.13 Å². The van der Waals surface area contributed by atoms with Crippen LogP contribution in [-0.2, 0) is 14.8 Å². The molecule has 0 aliphatic carbocycles. The minimum Gasteiger partial charge on any atom is -0.301 e.